The molecule has 2 nitrogen and oxygen atoms in total. The summed E-state index contributed by atoms with van der Waals surface area (Å²) in [4.78, 5) is 10.4. The van der Waals surface area contributed by atoms with Crippen LogP contribution in [0.1, 0.15) is 11.1 Å². The number of hydrogen-bond donors (Lipinski definition) is 0. The molecule has 2 heteroatoms. The van der Waals surface area contributed by atoms with E-state index < -0.39 is 0 Å². The summed E-state index contributed by atoms with van der Waals surface area (Å²) in [5.74, 6) is 3.19. The lowest BCUT2D eigenvalue weighted by Gasteiger charge is -2.07. The van der Waals surface area contributed by atoms with Crippen molar-refractivity contribution >= 4 is 6.29 Å². The molecule has 0 bridgehead atoms. The molecule has 1 rings (SSSR count). The fourth-order valence-corrected chi connectivity index (χ4v) is 1.19. The lowest BCUT2D eigenvalue weighted by molar-refractivity contribution is -0.107. The van der Waals surface area contributed by atoms with Crippen molar-refractivity contribution in [2.45, 2.75) is 6.42 Å². The van der Waals surface area contributed by atoms with Crippen LogP contribution in [0.25, 0.3) is 0 Å². The predicted octanol–water partition coefficient (Wildman–Crippen LogP) is 1.42. The van der Waals surface area contributed by atoms with Crippen molar-refractivity contribution in [1.29, 1.82) is 0 Å². The van der Waals surface area contributed by atoms with Gasteiger partial charge in [0.15, 0.2) is 0 Å². The number of rotatable bonds is 3. The highest BCUT2D eigenvalue weighted by molar-refractivity contribution is 5.61. The summed E-state index contributed by atoms with van der Waals surface area (Å²) in [5, 5.41) is 0. The Labute approximate surface area is 77.5 Å². The van der Waals surface area contributed by atoms with Gasteiger partial charge in [0.1, 0.15) is 12.0 Å². The molecule has 0 saturated carbocycles. The summed E-state index contributed by atoms with van der Waals surface area (Å²) in [6, 6.07) is 5.39. The van der Waals surface area contributed by atoms with Gasteiger partial charge in [0.05, 0.1) is 7.11 Å². The third kappa shape index (κ3) is 1.88. The summed E-state index contributed by atoms with van der Waals surface area (Å²) in [5.41, 5.74) is 1.49. The highest BCUT2D eigenvalue weighted by Gasteiger charge is 2.05. The largest absolute Gasteiger partial charge is 0.496 e. The van der Waals surface area contributed by atoms with Gasteiger partial charge >= 0.3 is 0 Å². The van der Waals surface area contributed by atoms with Crippen molar-refractivity contribution in [3.05, 3.63) is 29.3 Å². The van der Waals surface area contributed by atoms with Crippen molar-refractivity contribution < 1.29 is 9.53 Å². The van der Waals surface area contributed by atoms with E-state index in [2.05, 4.69) is 5.92 Å². The molecule has 0 radical (unpaired) electrons. The standard InChI is InChI=1S/C11H10O2/c1-3-9-5-4-6-11(13-2)10(9)7-8-12/h1,4-6,8H,7H2,2H3. The second kappa shape index (κ2) is 4.32. The van der Waals surface area contributed by atoms with Crippen molar-refractivity contribution in [1.82, 2.24) is 0 Å². The Morgan fingerprint density at radius 1 is 1.62 bits per heavy atom. The quantitative estimate of drug-likeness (QED) is 0.511. The van der Waals surface area contributed by atoms with Crippen LogP contribution < -0.4 is 4.74 Å². The minimum Gasteiger partial charge on any atom is -0.496 e. The van der Waals surface area contributed by atoms with Gasteiger partial charge in [-0.3, -0.25) is 0 Å². The van der Waals surface area contributed by atoms with E-state index in [4.69, 9.17) is 11.2 Å². The smallest absolute Gasteiger partial charge is 0.124 e. The Hall–Kier alpha value is -1.75. The molecule has 0 atom stereocenters. The van der Waals surface area contributed by atoms with Crippen LogP contribution in [0.4, 0.5) is 0 Å². The first-order valence-electron chi connectivity index (χ1n) is 3.89. The predicted molar refractivity (Wildman–Crippen MR) is 50.7 cm³/mol. The van der Waals surface area contributed by atoms with Gasteiger partial charge < -0.3 is 9.53 Å². The molecule has 0 saturated heterocycles. The first kappa shape index (κ1) is 9.34. The first-order valence-corrected chi connectivity index (χ1v) is 3.89. The Balaban J connectivity index is 3.22. The molecule has 0 spiro atoms. The minimum atomic E-state index is 0.295. The number of ether oxygens (including phenoxy) is 1. The fraction of sp³-hybridized carbons (Fsp3) is 0.182. The summed E-state index contributed by atoms with van der Waals surface area (Å²) in [7, 11) is 1.56. The molecule has 0 aliphatic carbocycles. The molecule has 1 aromatic carbocycles. The monoisotopic (exact) mass is 174 g/mol. The van der Waals surface area contributed by atoms with Crippen molar-refractivity contribution in [2.24, 2.45) is 0 Å². The number of aldehydes is 1. The van der Waals surface area contributed by atoms with Crippen LogP contribution in [-0.2, 0) is 11.2 Å². The Morgan fingerprint density at radius 3 is 2.92 bits per heavy atom. The maximum Gasteiger partial charge on any atom is 0.124 e. The molecule has 0 aliphatic heterocycles. The molecule has 13 heavy (non-hydrogen) atoms. The second-order valence-corrected chi connectivity index (χ2v) is 2.50. The highest BCUT2D eigenvalue weighted by atomic mass is 16.5. The van der Waals surface area contributed by atoms with Crippen molar-refractivity contribution in [3.63, 3.8) is 0 Å². The van der Waals surface area contributed by atoms with Gasteiger partial charge in [0, 0.05) is 17.5 Å². The summed E-state index contributed by atoms with van der Waals surface area (Å²) >= 11 is 0. The van der Waals surface area contributed by atoms with E-state index in [1.165, 1.54) is 0 Å². The van der Waals surface area contributed by atoms with E-state index >= 15 is 0 Å². The van der Waals surface area contributed by atoms with Crippen LogP contribution in [0.5, 0.6) is 5.75 Å². The number of hydrogen-bond acceptors (Lipinski definition) is 2. The summed E-state index contributed by atoms with van der Waals surface area (Å²) < 4.78 is 5.09. The van der Waals surface area contributed by atoms with E-state index in [0.29, 0.717) is 17.7 Å². The zero-order chi connectivity index (χ0) is 9.68. The topological polar surface area (TPSA) is 26.3 Å². The number of benzene rings is 1. The van der Waals surface area contributed by atoms with E-state index in [-0.39, 0.29) is 0 Å². The van der Waals surface area contributed by atoms with Crippen LogP contribution >= 0.6 is 0 Å². The highest BCUT2D eigenvalue weighted by Crippen LogP contribution is 2.21. The van der Waals surface area contributed by atoms with Crippen LogP contribution in [0.2, 0.25) is 0 Å². The molecule has 0 N–H and O–H groups in total. The maximum absolute atomic E-state index is 10.4. The van der Waals surface area contributed by atoms with Gasteiger partial charge in [-0.2, -0.15) is 0 Å². The van der Waals surface area contributed by atoms with E-state index in [1.807, 2.05) is 6.07 Å². The Bertz CT molecular complexity index is 348. The normalized spacial score (nSPS) is 8.92. The van der Waals surface area contributed by atoms with E-state index in [9.17, 15) is 4.79 Å². The zero-order valence-corrected chi connectivity index (χ0v) is 7.41. The third-order valence-electron chi connectivity index (χ3n) is 1.80. The Kier molecular flexibility index (Phi) is 3.10. The minimum absolute atomic E-state index is 0.295. The molecular weight excluding hydrogens is 164 g/mol. The van der Waals surface area contributed by atoms with E-state index in [0.717, 1.165) is 11.8 Å². The summed E-state index contributed by atoms with van der Waals surface area (Å²) in [6.45, 7) is 0. The number of methoxy groups -OCH3 is 1. The van der Waals surface area contributed by atoms with Gasteiger partial charge in [0.2, 0.25) is 0 Å². The number of carbonyl (C=O) groups excluding carboxylic acids is 1. The lowest BCUT2D eigenvalue weighted by atomic mass is 10.0. The molecule has 0 fully saturated rings. The average Bonchev–Trinajstić information content (AvgIpc) is 2.18. The number of carbonyl (C=O) groups is 1. The second-order valence-electron chi connectivity index (χ2n) is 2.50. The Morgan fingerprint density at radius 2 is 2.38 bits per heavy atom. The van der Waals surface area contributed by atoms with Crippen LogP contribution in [0, 0.1) is 12.3 Å². The average molecular weight is 174 g/mol. The maximum atomic E-state index is 10.4. The SMILES string of the molecule is C#Cc1cccc(OC)c1CC=O. The van der Waals surface area contributed by atoms with Crippen LogP contribution in [-0.4, -0.2) is 13.4 Å². The van der Waals surface area contributed by atoms with Crippen LogP contribution in [0.3, 0.4) is 0 Å². The molecular formula is C11H10O2. The fourth-order valence-electron chi connectivity index (χ4n) is 1.19. The van der Waals surface area contributed by atoms with E-state index in [1.54, 1.807) is 19.2 Å². The zero-order valence-electron chi connectivity index (χ0n) is 7.41. The molecule has 0 unspecified atom stereocenters. The molecule has 1 aromatic rings. The van der Waals surface area contributed by atoms with Crippen LogP contribution in [0.15, 0.2) is 18.2 Å². The van der Waals surface area contributed by atoms with Gasteiger partial charge in [-0.1, -0.05) is 12.0 Å². The third-order valence-corrected chi connectivity index (χ3v) is 1.80. The van der Waals surface area contributed by atoms with Gasteiger partial charge in [-0.05, 0) is 12.1 Å². The van der Waals surface area contributed by atoms with Crippen molar-refractivity contribution in [2.75, 3.05) is 7.11 Å². The molecule has 0 heterocycles. The first-order chi connectivity index (χ1) is 6.33. The molecule has 66 valence electrons. The lowest BCUT2D eigenvalue weighted by Crippen LogP contribution is -1.96. The molecule has 0 aromatic heterocycles. The van der Waals surface area contributed by atoms with Gasteiger partial charge in [-0.25, -0.2) is 0 Å². The van der Waals surface area contributed by atoms with Gasteiger partial charge in [-0.15, -0.1) is 6.42 Å². The molecule has 0 amide bonds. The number of terminal acetylenes is 1. The molecule has 0 aliphatic rings. The summed E-state index contributed by atoms with van der Waals surface area (Å²) in [6.07, 6.45) is 6.40. The van der Waals surface area contributed by atoms with Crippen molar-refractivity contribution in [3.8, 4) is 18.1 Å². The van der Waals surface area contributed by atoms with Gasteiger partial charge in [0.25, 0.3) is 0 Å².